The summed E-state index contributed by atoms with van der Waals surface area (Å²) in [5, 5.41) is 14.4. The van der Waals surface area contributed by atoms with E-state index in [0.717, 1.165) is 6.07 Å². The molecule has 1 unspecified atom stereocenters. The first-order valence-corrected chi connectivity index (χ1v) is 7.70. The highest BCUT2D eigenvalue weighted by atomic mass is 32.2. The fourth-order valence-electron chi connectivity index (χ4n) is 2.21. The van der Waals surface area contributed by atoms with Crippen LogP contribution in [0.15, 0.2) is 18.2 Å². The van der Waals surface area contributed by atoms with Crippen molar-refractivity contribution in [3.8, 4) is 0 Å². The highest BCUT2D eigenvalue weighted by Gasteiger charge is 2.28. The highest BCUT2D eigenvalue weighted by Crippen LogP contribution is 2.33. The van der Waals surface area contributed by atoms with E-state index in [-0.39, 0.29) is 12.5 Å². The number of aliphatic hydroxyl groups is 1. The Labute approximate surface area is 120 Å². The molecular formula is C14H21F2NO2S. The summed E-state index contributed by atoms with van der Waals surface area (Å²) >= 11 is 0. The SMILES string of the molecule is CC(C)(C[C@H](CCCO)c1cc(F)cc(F)c1)S(N)=O. The minimum absolute atomic E-state index is 0.000437. The molecule has 3 N–H and O–H groups in total. The van der Waals surface area contributed by atoms with E-state index in [0.29, 0.717) is 24.8 Å². The van der Waals surface area contributed by atoms with Crippen molar-refractivity contribution in [2.45, 2.75) is 43.8 Å². The van der Waals surface area contributed by atoms with E-state index in [1.807, 2.05) is 0 Å². The molecule has 0 aliphatic rings. The van der Waals surface area contributed by atoms with E-state index in [2.05, 4.69) is 0 Å². The van der Waals surface area contributed by atoms with Crippen molar-refractivity contribution in [3.05, 3.63) is 35.4 Å². The van der Waals surface area contributed by atoms with Gasteiger partial charge in [0.1, 0.15) is 11.6 Å². The maximum Gasteiger partial charge on any atom is 0.126 e. The molecule has 1 rings (SSSR count). The Morgan fingerprint density at radius 3 is 2.30 bits per heavy atom. The second-order valence-electron chi connectivity index (χ2n) is 5.53. The molecule has 6 heteroatoms. The minimum Gasteiger partial charge on any atom is -0.396 e. The van der Waals surface area contributed by atoms with Crippen LogP contribution in [0.4, 0.5) is 8.78 Å². The molecule has 2 atom stereocenters. The van der Waals surface area contributed by atoms with Gasteiger partial charge in [0.05, 0.1) is 15.7 Å². The monoisotopic (exact) mass is 305 g/mol. The van der Waals surface area contributed by atoms with Gasteiger partial charge in [-0.3, -0.25) is 5.14 Å². The van der Waals surface area contributed by atoms with E-state index >= 15 is 0 Å². The summed E-state index contributed by atoms with van der Waals surface area (Å²) in [5.41, 5.74) is 0.509. The summed E-state index contributed by atoms with van der Waals surface area (Å²) in [5.74, 6) is -1.48. The van der Waals surface area contributed by atoms with E-state index in [1.165, 1.54) is 12.1 Å². The molecule has 0 amide bonds. The second-order valence-corrected chi connectivity index (χ2v) is 7.23. The second kappa shape index (κ2) is 7.24. The first-order valence-electron chi connectivity index (χ1n) is 6.49. The van der Waals surface area contributed by atoms with Crippen LogP contribution >= 0.6 is 0 Å². The molecule has 0 bridgehead atoms. The maximum atomic E-state index is 13.3. The van der Waals surface area contributed by atoms with Crippen molar-refractivity contribution < 1.29 is 18.1 Å². The third-order valence-corrected chi connectivity index (χ3v) is 4.61. The van der Waals surface area contributed by atoms with Crippen LogP contribution in [0.2, 0.25) is 0 Å². The first kappa shape index (κ1) is 17.2. The molecule has 0 saturated carbocycles. The lowest BCUT2D eigenvalue weighted by Crippen LogP contribution is -2.33. The lowest BCUT2D eigenvalue weighted by Gasteiger charge is -2.27. The third-order valence-electron chi connectivity index (χ3n) is 3.35. The van der Waals surface area contributed by atoms with Crippen LogP contribution in [0.5, 0.6) is 0 Å². The number of nitrogens with two attached hydrogens (primary N) is 1. The van der Waals surface area contributed by atoms with Gasteiger partial charge in [-0.2, -0.15) is 0 Å². The van der Waals surface area contributed by atoms with Gasteiger partial charge in [0.15, 0.2) is 0 Å². The normalized spacial score (nSPS) is 15.1. The van der Waals surface area contributed by atoms with Crippen LogP contribution in [0, 0.1) is 11.6 Å². The van der Waals surface area contributed by atoms with Crippen molar-refractivity contribution in [3.63, 3.8) is 0 Å². The zero-order valence-electron chi connectivity index (χ0n) is 11.7. The molecule has 1 aromatic carbocycles. The average Bonchev–Trinajstić information content (AvgIpc) is 2.32. The Hall–Kier alpha value is -0.850. The van der Waals surface area contributed by atoms with Gasteiger partial charge in [0, 0.05) is 12.7 Å². The van der Waals surface area contributed by atoms with Gasteiger partial charge in [-0.05, 0) is 56.7 Å². The molecule has 1 aromatic rings. The highest BCUT2D eigenvalue weighted by molar-refractivity contribution is 7.84. The summed E-state index contributed by atoms with van der Waals surface area (Å²) in [7, 11) is -1.54. The predicted octanol–water partition coefficient (Wildman–Crippen LogP) is 2.61. The summed E-state index contributed by atoms with van der Waals surface area (Å²) in [4.78, 5) is 0. The van der Waals surface area contributed by atoms with Crippen LogP contribution in [0.1, 0.15) is 44.6 Å². The van der Waals surface area contributed by atoms with Gasteiger partial charge >= 0.3 is 0 Å². The largest absolute Gasteiger partial charge is 0.396 e. The molecule has 0 fully saturated rings. The number of halogens is 2. The summed E-state index contributed by atoms with van der Waals surface area (Å²) < 4.78 is 37.5. The van der Waals surface area contributed by atoms with Crippen LogP contribution in [-0.4, -0.2) is 20.7 Å². The van der Waals surface area contributed by atoms with Crippen LogP contribution in [-0.2, 0) is 11.0 Å². The summed E-state index contributed by atoms with van der Waals surface area (Å²) in [6.07, 6.45) is 1.50. The molecule has 0 aliphatic heterocycles. The Morgan fingerprint density at radius 2 is 1.85 bits per heavy atom. The molecule has 0 aliphatic carbocycles. The molecule has 114 valence electrons. The standard InChI is InChI=1S/C14H21F2NO2S/c1-14(2,20(17)19)9-10(4-3-5-18)11-6-12(15)8-13(16)7-11/h6-8,10,18H,3-5,9,17H2,1-2H3/t10-,20?/m0/s1. The number of aliphatic hydroxyl groups excluding tert-OH is 1. The molecule has 0 heterocycles. The number of benzene rings is 1. The molecular weight excluding hydrogens is 284 g/mol. The fourth-order valence-corrected chi connectivity index (χ4v) is 2.58. The van der Waals surface area contributed by atoms with E-state index in [9.17, 15) is 13.0 Å². The Morgan fingerprint density at radius 1 is 1.30 bits per heavy atom. The van der Waals surface area contributed by atoms with Gasteiger partial charge in [0.25, 0.3) is 0 Å². The van der Waals surface area contributed by atoms with Crippen molar-refractivity contribution in [2.24, 2.45) is 5.14 Å². The molecule has 20 heavy (non-hydrogen) atoms. The minimum atomic E-state index is -1.54. The van der Waals surface area contributed by atoms with Crippen LogP contribution in [0.25, 0.3) is 0 Å². The van der Waals surface area contributed by atoms with Crippen molar-refractivity contribution in [2.75, 3.05) is 6.61 Å². The van der Waals surface area contributed by atoms with Gasteiger partial charge in [0.2, 0.25) is 0 Å². The molecule has 0 spiro atoms. The van der Waals surface area contributed by atoms with Gasteiger partial charge in [-0.1, -0.05) is 0 Å². The van der Waals surface area contributed by atoms with E-state index < -0.39 is 27.4 Å². The van der Waals surface area contributed by atoms with Crippen LogP contribution in [0.3, 0.4) is 0 Å². The lowest BCUT2D eigenvalue weighted by atomic mass is 9.86. The lowest BCUT2D eigenvalue weighted by molar-refractivity contribution is 0.276. The Balaban J connectivity index is 3.02. The molecule has 0 aromatic heterocycles. The van der Waals surface area contributed by atoms with Crippen molar-refractivity contribution >= 4 is 11.0 Å². The number of hydrogen-bond acceptors (Lipinski definition) is 2. The summed E-state index contributed by atoms with van der Waals surface area (Å²) in [6.45, 7) is 3.51. The first-order chi connectivity index (χ1) is 9.26. The predicted molar refractivity (Wildman–Crippen MR) is 76.4 cm³/mol. The summed E-state index contributed by atoms with van der Waals surface area (Å²) in [6, 6.07) is 3.38. The number of rotatable bonds is 7. The topological polar surface area (TPSA) is 63.3 Å². The number of hydrogen-bond donors (Lipinski definition) is 2. The fraction of sp³-hybridized carbons (Fsp3) is 0.571. The average molecular weight is 305 g/mol. The van der Waals surface area contributed by atoms with E-state index in [1.54, 1.807) is 13.8 Å². The van der Waals surface area contributed by atoms with E-state index in [4.69, 9.17) is 10.2 Å². The molecule has 3 nitrogen and oxygen atoms in total. The maximum absolute atomic E-state index is 13.3. The van der Waals surface area contributed by atoms with Gasteiger partial charge in [-0.25, -0.2) is 13.0 Å². The van der Waals surface area contributed by atoms with Crippen LogP contribution < -0.4 is 5.14 Å². The quantitative estimate of drug-likeness (QED) is 0.813. The third kappa shape index (κ3) is 4.92. The van der Waals surface area contributed by atoms with Crippen molar-refractivity contribution in [1.29, 1.82) is 0 Å². The Kier molecular flexibility index (Phi) is 6.23. The molecule has 0 saturated heterocycles. The van der Waals surface area contributed by atoms with Gasteiger partial charge < -0.3 is 5.11 Å². The van der Waals surface area contributed by atoms with Gasteiger partial charge in [-0.15, -0.1) is 0 Å². The van der Waals surface area contributed by atoms with Crippen molar-refractivity contribution in [1.82, 2.24) is 0 Å². The Bertz CT molecular complexity index is 460. The molecule has 0 radical (unpaired) electrons. The smallest absolute Gasteiger partial charge is 0.126 e. The zero-order chi connectivity index (χ0) is 15.3. The zero-order valence-corrected chi connectivity index (χ0v) is 12.6.